The molecule has 0 aliphatic rings. The molecule has 0 radical (unpaired) electrons. The van der Waals surface area contributed by atoms with Crippen LogP contribution in [0.5, 0.6) is 0 Å². The van der Waals surface area contributed by atoms with Crippen molar-refractivity contribution in [3.8, 4) is 6.07 Å². The summed E-state index contributed by atoms with van der Waals surface area (Å²) < 4.78 is 0. The van der Waals surface area contributed by atoms with E-state index >= 15 is 0 Å². The molecule has 2 N–H and O–H groups in total. The smallest absolute Gasteiger partial charge is 0.101 e. The molecule has 1 heterocycles. The Morgan fingerprint density at radius 2 is 2.36 bits per heavy atom. The molecule has 1 aromatic heterocycles. The summed E-state index contributed by atoms with van der Waals surface area (Å²) in [5.74, 6) is 0. The van der Waals surface area contributed by atoms with Gasteiger partial charge in [0.15, 0.2) is 0 Å². The number of nitrogens with zero attached hydrogens (tertiary/aromatic N) is 1. The van der Waals surface area contributed by atoms with E-state index in [4.69, 9.17) is 5.26 Å². The Morgan fingerprint density at radius 3 is 3.07 bits per heavy atom. The minimum absolute atomic E-state index is 0.699. The number of aromatic amines is 1. The molecule has 0 atom stereocenters. The average molecular weight is 185 g/mol. The lowest BCUT2D eigenvalue weighted by Gasteiger charge is -1.97. The topological polar surface area (TPSA) is 51.6 Å². The standard InChI is InChI=1S/C11H11N3/c1-13-6-9-7-14-11-8(5-12)3-2-4-10(9)11/h2-4,7,13-14H,6H2,1H3. The highest BCUT2D eigenvalue weighted by molar-refractivity contribution is 5.87. The molecule has 2 rings (SSSR count). The molecular weight excluding hydrogens is 174 g/mol. The second-order valence-corrected chi connectivity index (χ2v) is 3.18. The molecule has 0 bridgehead atoms. The van der Waals surface area contributed by atoms with Crippen LogP contribution >= 0.6 is 0 Å². The zero-order valence-corrected chi connectivity index (χ0v) is 7.96. The third-order valence-electron chi connectivity index (χ3n) is 2.29. The summed E-state index contributed by atoms with van der Waals surface area (Å²) in [5, 5.41) is 13.1. The van der Waals surface area contributed by atoms with Crippen molar-refractivity contribution >= 4 is 10.9 Å². The van der Waals surface area contributed by atoms with E-state index in [1.165, 1.54) is 5.56 Å². The van der Waals surface area contributed by atoms with Gasteiger partial charge >= 0.3 is 0 Å². The number of fused-ring (bicyclic) bond motifs is 1. The minimum Gasteiger partial charge on any atom is -0.360 e. The molecule has 0 saturated heterocycles. The van der Waals surface area contributed by atoms with Gasteiger partial charge in [-0.3, -0.25) is 0 Å². The van der Waals surface area contributed by atoms with Crippen molar-refractivity contribution in [3.63, 3.8) is 0 Å². The zero-order chi connectivity index (χ0) is 9.97. The van der Waals surface area contributed by atoms with Gasteiger partial charge in [0.25, 0.3) is 0 Å². The van der Waals surface area contributed by atoms with Crippen LogP contribution < -0.4 is 5.32 Å². The van der Waals surface area contributed by atoms with E-state index in [0.717, 1.165) is 17.4 Å². The normalized spacial score (nSPS) is 10.3. The van der Waals surface area contributed by atoms with Gasteiger partial charge < -0.3 is 10.3 Å². The largest absolute Gasteiger partial charge is 0.360 e. The Bertz CT molecular complexity index is 491. The summed E-state index contributed by atoms with van der Waals surface area (Å²) in [7, 11) is 1.91. The van der Waals surface area contributed by atoms with E-state index in [1.807, 2.05) is 31.4 Å². The van der Waals surface area contributed by atoms with Crippen LogP contribution in [0, 0.1) is 11.3 Å². The van der Waals surface area contributed by atoms with Crippen molar-refractivity contribution in [2.24, 2.45) is 0 Å². The summed E-state index contributed by atoms with van der Waals surface area (Å²) >= 11 is 0. The van der Waals surface area contributed by atoms with Crippen molar-refractivity contribution in [1.29, 1.82) is 5.26 Å². The fraction of sp³-hybridized carbons (Fsp3) is 0.182. The SMILES string of the molecule is CNCc1c[nH]c2c(C#N)cccc12. The van der Waals surface area contributed by atoms with Gasteiger partial charge in [-0.15, -0.1) is 0 Å². The van der Waals surface area contributed by atoms with Gasteiger partial charge in [-0.05, 0) is 18.7 Å². The molecule has 14 heavy (non-hydrogen) atoms. The third kappa shape index (κ3) is 1.26. The summed E-state index contributed by atoms with van der Waals surface area (Å²) in [4.78, 5) is 3.13. The second kappa shape index (κ2) is 3.52. The highest BCUT2D eigenvalue weighted by atomic mass is 14.8. The van der Waals surface area contributed by atoms with Gasteiger partial charge in [0.05, 0.1) is 11.1 Å². The number of benzene rings is 1. The summed E-state index contributed by atoms with van der Waals surface area (Å²) in [6.45, 7) is 0.814. The number of hydrogen-bond donors (Lipinski definition) is 2. The molecule has 3 nitrogen and oxygen atoms in total. The molecule has 0 unspecified atom stereocenters. The van der Waals surface area contributed by atoms with Crippen LogP contribution in [0.1, 0.15) is 11.1 Å². The number of rotatable bonds is 2. The summed E-state index contributed by atoms with van der Waals surface area (Å²) in [6.07, 6.45) is 1.95. The van der Waals surface area contributed by atoms with Crippen molar-refractivity contribution in [1.82, 2.24) is 10.3 Å². The number of nitrogens with one attached hydrogen (secondary N) is 2. The molecule has 0 spiro atoms. The summed E-state index contributed by atoms with van der Waals surface area (Å²) in [6, 6.07) is 7.93. The Hall–Kier alpha value is -1.79. The number of aromatic nitrogens is 1. The maximum Gasteiger partial charge on any atom is 0.101 e. The third-order valence-corrected chi connectivity index (χ3v) is 2.29. The Kier molecular flexibility index (Phi) is 2.21. The predicted octanol–water partition coefficient (Wildman–Crippen LogP) is 1.76. The van der Waals surface area contributed by atoms with E-state index in [-0.39, 0.29) is 0 Å². The molecule has 0 aliphatic heterocycles. The first kappa shape index (κ1) is 8.79. The van der Waals surface area contributed by atoms with E-state index in [1.54, 1.807) is 0 Å². The van der Waals surface area contributed by atoms with E-state index in [0.29, 0.717) is 5.56 Å². The number of nitriles is 1. The van der Waals surface area contributed by atoms with Gasteiger partial charge in [0.1, 0.15) is 6.07 Å². The number of para-hydroxylation sites is 1. The minimum atomic E-state index is 0.699. The van der Waals surface area contributed by atoms with Gasteiger partial charge in [0, 0.05) is 18.1 Å². The molecule has 0 aliphatic carbocycles. The van der Waals surface area contributed by atoms with Crippen molar-refractivity contribution in [2.45, 2.75) is 6.54 Å². The fourth-order valence-electron chi connectivity index (χ4n) is 1.64. The fourth-order valence-corrected chi connectivity index (χ4v) is 1.64. The second-order valence-electron chi connectivity index (χ2n) is 3.18. The predicted molar refractivity (Wildman–Crippen MR) is 55.8 cm³/mol. The molecular formula is C11H11N3. The van der Waals surface area contributed by atoms with Crippen LogP contribution in [0.15, 0.2) is 24.4 Å². The molecule has 0 fully saturated rings. The van der Waals surface area contributed by atoms with Gasteiger partial charge in [0.2, 0.25) is 0 Å². The van der Waals surface area contributed by atoms with Gasteiger partial charge in [-0.25, -0.2) is 0 Å². The van der Waals surface area contributed by atoms with Crippen molar-refractivity contribution in [3.05, 3.63) is 35.5 Å². The molecule has 0 saturated carbocycles. The lowest BCUT2D eigenvalue weighted by atomic mass is 10.1. The van der Waals surface area contributed by atoms with Crippen LogP contribution in [0.25, 0.3) is 10.9 Å². The first-order valence-corrected chi connectivity index (χ1v) is 4.50. The van der Waals surface area contributed by atoms with Crippen LogP contribution in [-0.2, 0) is 6.54 Å². The molecule has 70 valence electrons. The highest BCUT2D eigenvalue weighted by Crippen LogP contribution is 2.20. The number of H-pyrrole nitrogens is 1. The van der Waals surface area contributed by atoms with E-state index < -0.39 is 0 Å². The van der Waals surface area contributed by atoms with Crippen molar-refractivity contribution in [2.75, 3.05) is 7.05 Å². The lowest BCUT2D eigenvalue weighted by molar-refractivity contribution is 0.823. The van der Waals surface area contributed by atoms with Crippen LogP contribution in [-0.4, -0.2) is 12.0 Å². The quantitative estimate of drug-likeness (QED) is 0.749. The lowest BCUT2D eigenvalue weighted by Crippen LogP contribution is -2.03. The first-order chi connectivity index (χ1) is 6.86. The molecule has 1 aromatic carbocycles. The van der Waals surface area contributed by atoms with Crippen LogP contribution in [0.2, 0.25) is 0 Å². The maximum atomic E-state index is 8.89. The Morgan fingerprint density at radius 1 is 1.50 bits per heavy atom. The van der Waals surface area contributed by atoms with Gasteiger partial charge in [-0.1, -0.05) is 12.1 Å². The van der Waals surface area contributed by atoms with Crippen LogP contribution in [0.4, 0.5) is 0 Å². The molecule has 2 aromatic rings. The monoisotopic (exact) mass is 185 g/mol. The Balaban J connectivity index is 2.65. The summed E-state index contributed by atoms with van der Waals surface area (Å²) in [5.41, 5.74) is 2.82. The van der Waals surface area contributed by atoms with Crippen molar-refractivity contribution < 1.29 is 0 Å². The van der Waals surface area contributed by atoms with E-state index in [2.05, 4.69) is 16.4 Å². The number of hydrogen-bond acceptors (Lipinski definition) is 2. The highest BCUT2D eigenvalue weighted by Gasteiger charge is 2.05. The van der Waals surface area contributed by atoms with Gasteiger partial charge in [-0.2, -0.15) is 5.26 Å². The maximum absolute atomic E-state index is 8.89. The first-order valence-electron chi connectivity index (χ1n) is 4.50. The molecule has 3 heteroatoms. The van der Waals surface area contributed by atoms with Crippen LogP contribution in [0.3, 0.4) is 0 Å². The average Bonchev–Trinajstić information content (AvgIpc) is 2.62. The Labute approximate surface area is 82.4 Å². The van der Waals surface area contributed by atoms with E-state index in [9.17, 15) is 0 Å². The molecule has 0 amide bonds. The zero-order valence-electron chi connectivity index (χ0n) is 7.96.